The molecular weight excluding hydrogens is 272 g/mol. The minimum absolute atomic E-state index is 0.110. The van der Waals surface area contributed by atoms with E-state index in [0.717, 1.165) is 16.6 Å². The number of anilines is 2. The zero-order valence-electron chi connectivity index (χ0n) is 10.9. The first-order valence-corrected chi connectivity index (χ1v) is 6.64. The Labute approximate surface area is 121 Å². The van der Waals surface area contributed by atoms with Gasteiger partial charge < -0.3 is 9.88 Å². The summed E-state index contributed by atoms with van der Waals surface area (Å²) in [5.74, 6) is 0. The van der Waals surface area contributed by atoms with Crippen LogP contribution < -0.4 is 10.5 Å². The molecule has 0 radical (unpaired) electrons. The molecule has 0 spiro atoms. The van der Waals surface area contributed by atoms with Crippen LogP contribution in [0.15, 0.2) is 59.4 Å². The van der Waals surface area contributed by atoms with E-state index in [-0.39, 0.29) is 5.56 Å². The van der Waals surface area contributed by atoms with Gasteiger partial charge in [0.2, 0.25) is 0 Å². The Morgan fingerprint density at radius 1 is 1.05 bits per heavy atom. The lowest BCUT2D eigenvalue weighted by atomic mass is 10.2. The van der Waals surface area contributed by atoms with Gasteiger partial charge in [0, 0.05) is 28.7 Å². The van der Waals surface area contributed by atoms with Gasteiger partial charge in [0.05, 0.1) is 0 Å². The van der Waals surface area contributed by atoms with Crippen LogP contribution >= 0.6 is 11.6 Å². The Hall–Kier alpha value is -2.26. The number of benzene rings is 2. The van der Waals surface area contributed by atoms with E-state index in [2.05, 4.69) is 4.98 Å². The molecule has 0 fully saturated rings. The van der Waals surface area contributed by atoms with Crippen molar-refractivity contribution in [3.63, 3.8) is 0 Å². The standard InChI is InChI=1S/C16H13ClN2O/c1-19(13-8-6-12(17)7-9-13)15-10-11-4-2-3-5-14(11)18-16(15)20/h2-10H,1H3,(H,18,20). The Kier molecular flexibility index (Phi) is 3.20. The number of aromatic amines is 1. The van der Waals surface area contributed by atoms with Crippen molar-refractivity contribution in [1.82, 2.24) is 4.98 Å². The molecule has 100 valence electrons. The van der Waals surface area contributed by atoms with Crippen LogP contribution in [0.5, 0.6) is 0 Å². The highest BCUT2D eigenvalue weighted by atomic mass is 35.5. The Morgan fingerprint density at radius 2 is 1.75 bits per heavy atom. The highest BCUT2D eigenvalue weighted by molar-refractivity contribution is 6.30. The topological polar surface area (TPSA) is 36.1 Å². The van der Waals surface area contributed by atoms with E-state index in [9.17, 15) is 4.79 Å². The minimum atomic E-state index is -0.110. The van der Waals surface area contributed by atoms with E-state index in [0.29, 0.717) is 10.7 Å². The van der Waals surface area contributed by atoms with Gasteiger partial charge in [0.15, 0.2) is 0 Å². The quantitative estimate of drug-likeness (QED) is 0.773. The molecule has 0 aliphatic rings. The van der Waals surface area contributed by atoms with E-state index in [1.807, 2.05) is 66.5 Å². The molecule has 4 heteroatoms. The molecule has 0 amide bonds. The third kappa shape index (κ3) is 2.28. The second-order valence-electron chi connectivity index (χ2n) is 4.61. The first-order valence-electron chi connectivity index (χ1n) is 6.26. The van der Waals surface area contributed by atoms with Crippen molar-refractivity contribution >= 4 is 33.9 Å². The molecule has 1 aromatic heterocycles. The van der Waals surface area contributed by atoms with Crippen molar-refractivity contribution < 1.29 is 0 Å². The molecule has 0 atom stereocenters. The third-order valence-electron chi connectivity index (χ3n) is 3.31. The zero-order valence-corrected chi connectivity index (χ0v) is 11.7. The molecule has 0 aliphatic heterocycles. The van der Waals surface area contributed by atoms with E-state index in [1.54, 1.807) is 0 Å². The summed E-state index contributed by atoms with van der Waals surface area (Å²) in [7, 11) is 1.86. The first kappa shape index (κ1) is 12.8. The second-order valence-corrected chi connectivity index (χ2v) is 5.04. The summed E-state index contributed by atoms with van der Waals surface area (Å²) < 4.78 is 0. The largest absolute Gasteiger partial charge is 0.340 e. The summed E-state index contributed by atoms with van der Waals surface area (Å²) in [4.78, 5) is 16.9. The van der Waals surface area contributed by atoms with Crippen molar-refractivity contribution in [2.45, 2.75) is 0 Å². The monoisotopic (exact) mass is 284 g/mol. The number of halogens is 1. The van der Waals surface area contributed by atoms with E-state index in [1.165, 1.54) is 0 Å². The fourth-order valence-electron chi connectivity index (χ4n) is 2.19. The number of nitrogens with zero attached hydrogens (tertiary/aromatic N) is 1. The molecule has 2 aromatic carbocycles. The first-order chi connectivity index (χ1) is 9.65. The Bertz CT molecular complexity index is 809. The molecule has 0 unspecified atom stereocenters. The van der Waals surface area contributed by atoms with Crippen molar-refractivity contribution in [2.75, 3.05) is 11.9 Å². The SMILES string of the molecule is CN(c1ccc(Cl)cc1)c1cc2ccccc2[nH]c1=O. The average molecular weight is 285 g/mol. The summed E-state index contributed by atoms with van der Waals surface area (Å²) in [6.07, 6.45) is 0. The summed E-state index contributed by atoms with van der Waals surface area (Å²) in [5, 5.41) is 1.68. The Balaban J connectivity index is 2.11. The molecule has 0 saturated heterocycles. The molecule has 3 rings (SSSR count). The van der Waals surface area contributed by atoms with Gasteiger partial charge in [-0.1, -0.05) is 29.8 Å². The number of pyridine rings is 1. The number of hydrogen-bond donors (Lipinski definition) is 1. The number of fused-ring (bicyclic) bond motifs is 1. The highest BCUT2D eigenvalue weighted by Gasteiger charge is 2.09. The van der Waals surface area contributed by atoms with Gasteiger partial charge in [0.1, 0.15) is 5.69 Å². The number of para-hydroxylation sites is 1. The molecular formula is C16H13ClN2O. The molecule has 1 heterocycles. The minimum Gasteiger partial charge on any atom is -0.340 e. The maximum Gasteiger partial charge on any atom is 0.272 e. The van der Waals surface area contributed by atoms with Gasteiger partial charge in [0.25, 0.3) is 5.56 Å². The smallest absolute Gasteiger partial charge is 0.272 e. The van der Waals surface area contributed by atoms with Gasteiger partial charge in [-0.3, -0.25) is 4.79 Å². The van der Waals surface area contributed by atoms with Crippen LogP contribution in [0.1, 0.15) is 0 Å². The fraction of sp³-hybridized carbons (Fsp3) is 0.0625. The van der Waals surface area contributed by atoms with Crippen LogP contribution in [0.2, 0.25) is 5.02 Å². The second kappa shape index (κ2) is 5.02. The fourth-order valence-corrected chi connectivity index (χ4v) is 2.31. The van der Waals surface area contributed by atoms with Crippen LogP contribution in [0, 0.1) is 0 Å². The summed E-state index contributed by atoms with van der Waals surface area (Å²) >= 11 is 5.89. The van der Waals surface area contributed by atoms with Crippen molar-refractivity contribution in [3.8, 4) is 0 Å². The molecule has 3 nitrogen and oxygen atoms in total. The van der Waals surface area contributed by atoms with Gasteiger partial charge in [-0.15, -0.1) is 0 Å². The maximum atomic E-state index is 12.2. The summed E-state index contributed by atoms with van der Waals surface area (Å²) in [5.41, 5.74) is 2.24. The number of hydrogen-bond acceptors (Lipinski definition) is 2. The van der Waals surface area contributed by atoms with Gasteiger partial charge in [-0.2, -0.15) is 0 Å². The predicted molar refractivity (Wildman–Crippen MR) is 84.1 cm³/mol. The van der Waals surface area contributed by atoms with Crippen LogP contribution in [-0.2, 0) is 0 Å². The summed E-state index contributed by atoms with van der Waals surface area (Å²) in [6.45, 7) is 0. The van der Waals surface area contributed by atoms with Crippen molar-refractivity contribution in [3.05, 3.63) is 70.0 Å². The Morgan fingerprint density at radius 3 is 2.50 bits per heavy atom. The van der Waals surface area contributed by atoms with E-state index in [4.69, 9.17) is 11.6 Å². The molecule has 0 bridgehead atoms. The lowest BCUT2D eigenvalue weighted by molar-refractivity contribution is 1.16. The van der Waals surface area contributed by atoms with Gasteiger partial charge >= 0.3 is 0 Å². The molecule has 0 saturated carbocycles. The van der Waals surface area contributed by atoms with Crippen LogP contribution in [0.3, 0.4) is 0 Å². The van der Waals surface area contributed by atoms with Crippen molar-refractivity contribution in [1.29, 1.82) is 0 Å². The number of aromatic nitrogens is 1. The van der Waals surface area contributed by atoms with Crippen LogP contribution in [-0.4, -0.2) is 12.0 Å². The third-order valence-corrected chi connectivity index (χ3v) is 3.56. The van der Waals surface area contributed by atoms with Crippen molar-refractivity contribution in [2.24, 2.45) is 0 Å². The number of rotatable bonds is 2. The normalized spacial score (nSPS) is 10.7. The van der Waals surface area contributed by atoms with Gasteiger partial charge in [-0.05, 0) is 36.4 Å². The van der Waals surface area contributed by atoms with E-state index < -0.39 is 0 Å². The van der Waals surface area contributed by atoms with Gasteiger partial charge in [-0.25, -0.2) is 0 Å². The van der Waals surface area contributed by atoms with E-state index >= 15 is 0 Å². The molecule has 20 heavy (non-hydrogen) atoms. The summed E-state index contributed by atoms with van der Waals surface area (Å²) in [6, 6.07) is 17.0. The zero-order chi connectivity index (χ0) is 14.1. The average Bonchev–Trinajstić information content (AvgIpc) is 2.46. The number of H-pyrrole nitrogens is 1. The molecule has 0 aliphatic carbocycles. The molecule has 3 aromatic rings. The number of nitrogens with one attached hydrogen (secondary N) is 1. The lowest BCUT2D eigenvalue weighted by Gasteiger charge is -2.19. The lowest BCUT2D eigenvalue weighted by Crippen LogP contribution is -2.20. The predicted octanol–water partition coefficient (Wildman–Crippen LogP) is 3.95. The van der Waals surface area contributed by atoms with Crippen LogP contribution in [0.4, 0.5) is 11.4 Å². The molecule has 1 N–H and O–H groups in total. The highest BCUT2D eigenvalue weighted by Crippen LogP contribution is 2.24. The van der Waals surface area contributed by atoms with Crippen LogP contribution in [0.25, 0.3) is 10.9 Å². The maximum absolute atomic E-state index is 12.2.